The van der Waals surface area contributed by atoms with E-state index in [2.05, 4.69) is 5.32 Å². The highest BCUT2D eigenvalue weighted by molar-refractivity contribution is 5.95. The molecule has 6 heteroatoms. The summed E-state index contributed by atoms with van der Waals surface area (Å²) in [5.74, 6) is -1.04. The summed E-state index contributed by atoms with van der Waals surface area (Å²) in [6.07, 6.45) is 3.28. The van der Waals surface area contributed by atoms with E-state index in [0.717, 1.165) is 25.9 Å². The number of nitrogen functional groups attached to an aromatic ring is 1. The van der Waals surface area contributed by atoms with Crippen LogP contribution in [-0.4, -0.2) is 41.5 Å². The lowest BCUT2D eigenvalue weighted by Crippen LogP contribution is -2.39. The van der Waals surface area contributed by atoms with Crippen molar-refractivity contribution >= 4 is 23.3 Å². The number of likely N-dealkylation sites (tertiary alicyclic amines) is 1. The first kappa shape index (κ1) is 14.2. The minimum Gasteiger partial charge on any atom is -0.478 e. The van der Waals surface area contributed by atoms with Crippen molar-refractivity contribution in [3.8, 4) is 0 Å². The van der Waals surface area contributed by atoms with Crippen molar-refractivity contribution in [2.75, 3.05) is 30.7 Å². The number of carbonyl (C=O) groups excluding carboxylic acids is 1. The molecule has 6 nitrogen and oxygen atoms in total. The molecule has 4 N–H and O–H groups in total. The number of nitrogens with one attached hydrogen (secondary N) is 1. The molecule has 20 heavy (non-hydrogen) atoms. The van der Waals surface area contributed by atoms with Crippen LogP contribution in [0.2, 0.25) is 0 Å². The number of carboxylic acid groups (broad SMARTS) is 1. The van der Waals surface area contributed by atoms with Gasteiger partial charge in [0, 0.05) is 24.5 Å². The van der Waals surface area contributed by atoms with Crippen LogP contribution in [0.25, 0.3) is 0 Å². The second-order valence-corrected chi connectivity index (χ2v) is 4.90. The molecule has 2 rings (SSSR count). The third-order valence-corrected chi connectivity index (χ3v) is 3.44. The van der Waals surface area contributed by atoms with Crippen LogP contribution in [0.5, 0.6) is 0 Å². The number of hydrogen-bond acceptors (Lipinski definition) is 4. The first-order valence-corrected chi connectivity index (χ1v) is 6.72. The predicted molar refractivity (Wildman–Crippen MR) is 76.7 cm³/mol. The van der Waals surface area contributed by atoms with Gasteiger partial charge in [-0.15, -0.1) is 0 Å². The molecule has 108 valence electrons. The molecule has 1 aromatic rings. The Kier molecular flexibility index (Phi) is 4.45. The Hall–Kier alpha value is -2.24. The van der Waals surface area contributed by atoms with Gasteiger partial charge < -0.3 is 21.1 Å². The number of anilines is 2. The topological polar surface area (TPSA) is 95.7 Å². The summed E-state index contributed by atoms with van der Waals surface area (Å²) in [6.45, 7) is 1.79. The van der Waals surface area contributed by atoms with E-state index in [9.17, 15) is 9.59 Å². The van der Waals surface area contributed by atoms with Gasteiger partial charge in [-0.05, 0) is 37.5 Å². The second kappa shape index (κ2) is 6.27. The minimum atomic E-state index is -1.08. The summed E-state index contributed by atoms with van der Waals surface area (Å²) in [5.41, 5.74) is 6.42. The molecule has 1 amide bonds. The highest BCUT2D eigenvalue weighted by Gasteiger charge is 2.16. The number of nitrogens with zero attached hydrogens (tertiary/aromatic N) is 1. The lowest BCUT2D eigenvalue weighted by atomic mass is 10.1. The fourth-order valence-corrected chi connectivity index (χ4v) is 2.28. The summed E-state index contributed by atoms with van der Waals surface area (Å²) < 4.78 is 0. The third kappa shape index (κ3) is 3.40. The maximum absolute atomic E-state index is 12.0. The second-order valence-electron chi connectivity index (χ2n) is 4.90. The Morgan fingerprint density at radius 3 is 2.60 bits per heavy atom. The first-order chi connectivity index (χ1) is 9.58. The Bertz CT molecular complexity index is 510. The fraction of sp³-hybridized carbons (Fsp3) is 0.429. The predicted octanol–water partition coefficient (Wildman–Crippen LogP) is 1.39. The smallest absolute Gasteiger partial charge is 0.337 e. The van der Waals surface area contributed by atoms with Crippen LogP contribution in [0.4, 0.5) is 11.4 Å². The van der Waals surface area contributed by atoms with Crippen molar-refractivity contribution in [3.63, 3.8) is 0 Å². The largest absolute Gasteiger partial charge is 0.478 e. The zero-order valence-electron chi connectivity index (χ0n) is 11.3. The molecule has 1 heterocycles. The van der Waals surface area contributed by atoms with Crippen molar-refractivity contribution in [1.29, 1.82) is 0 Å². The monoisotopic (exact) mass is 277 g/mol. The summed E-state index contributed by atoms with van der Waals surface area (Å²) >= 11 is 0. The Balaban J connectivity index is 1.95. The van der Waals surface area contributed by atoms with Gasteiger partial charge in [0.25, 0.3) is 0 Å². The number of rotatable bonds is 4. The molecule has 0 unspecified atom stereocenters. The van der Waals surface area contributed by atoms with E-state index in [-0.39, 0.29) is 23.7 Å². The molecule has 1 aliphatic heterocycles. The van der Waals surface area contributed by atoms with Gasteiger partial charge in [0.15, 0.2) is 0 Å². The van der Waals surface area contributed by atoms with Crippen molar-refractivity contribution < 1.29 is 14.7 Å². The van der Waals surface area contributed by atoms with Crippen molar-refractivity contribution in [2.45, 2.75) is 19.3 Å². The summed E-state index contributed by atoms with van der Waals surface area (Å²) in [6, 6.07) is 4.64. The molecule has 1 aliphatic rings. The number of amides is 1. The Labute approximate surface area is 117 Å². The highest BCUT2D eigenvalue weighted by Crippen LogP contribution is 2.18. The molecule has 0 aliphatic carbocycles. The molecule has 0 atom stereocenters. The molecule has 1 aromatic carbocycles. The lowest BCUT2D eigenvalue weighted by molar-refractivity contribution is -0.130. The summed E-state index contributed by atoms with van der Waals surface area (Å²) in [5, 5.41) is 11.9. The average molecular weight is 277 g/mol. The van der Waals surface area contributed by atoms with Gasteiger partial charge in [-0.1, -0.05) is 0 Å². The lowest BCUT2D eigenvalue weighted by Gasteiger charge is -2.26. The maximum Gasteiger partial charge on any atom is 0.337 e. The van der Waals surface area contributed by atoms with E-state index >= 15 is 0 Å². The molecule has 0 aromatic heterocycles. The number of benzene rings is 1. The number of carboxylic acids is 1. The SMILES string of the molecule is Nc1ccc(NCC(=O)N2CCCCC2)cc1C(=O)O. The van der Waals surface area contributed by atoms with E-state index in [1.54, 1.807) is 6.07 Å². The van der Waals surface area contributed by atoms with Crippen LogP contribution in [0.1, 0.15) is 29.6 Å². The van der Waals surface area contributed by atoms with Gasteiger partial charge in [-0.2, -0.15) is 0 Å². The zero-order valence-corrected chi connectivity index (χ0v) is 11.3. The molecule has 0 radical (unpaired) electrons. The van der Waals surface area contributed by atoms with Gasteiger partial charge in [-0.3, -0.25) is 4.79 Å². The third-order valence-electron chi connectivity index (χ3n) is 3.44. The van der Waals surface area contributed by atoms with Gasteiger partial charge >= 0.3 is 5.97 Å². The van der Waals surface area contributed by atoms with Gasteiger partial charge in [0.2, 0.25) is 5.91 Å². The van der Waals surface area contributed by atoms with Crippen LogP contribution in [0.3, 0.4) is 0 Å². The quantitative estimate of drug-likeness (QED) is 0.723. The van der Waals surface area contributed by atoms with E-state index in [0.29, 0.717) is 5.69 Å². The van der Waals surface area contributed by atoms with Crippen molar-refractivity contribution in [1.82, 2.24) is 4.90 Å². The van der Waals surface area contributed by atoms with Crippen LogP contribution in [-0.2, 0) is 4.79 Å². The standard InChI is InChI=1S/C14H19N3O3/c15-12-5-4-10(8-11(12)14(19)20)16-9-13(18)17-6-2-1-3-7-17/h4-5,8,16H,1-3,6-7,9,15H2,(H,19,20). The van der Waals surface area contributed by atoms with Crippen LogP contribution >= 0.6 is 0 Å². The van der Waals surface area contributed by atoms with Crippen LogP contribution in [0.15, 0.2) is 18.2 Å². The normalized spacial score (nSPS) is 14.9. The molecule has 0 bridgehead atoms. The number of hydrogen-bond donors (Lipinski definition) is 3. The first-order valence-electron chi connectivity index (χ1n) is 6.72. The number of nitrogens with two attached hydrogens (primary N) is 1. The minimum absolute atomic E-state index is 0.0402. The van der Waals surface area contributed by atoms with Crippen molar-refractivity contribution in [3.05, 3.63) is 23.8 Å². The van der Waals surface area contributed by atoms with E-state index in [1.165, 1.54) is 18.6 Å². The molecular weight excluding hydrogens is 258 g/mol. The number of carbonyl (C=O) groups is 2. The van der Waals surface area contributed by atoms with E-state index in [1.807, 2.05) is 4.90 Å². The maximum atomic E-state index is 12.0. The Morgan fingerprint density at radius 2 is 1.95 bits per heavy atom. The molecule has 1 saturated heterocycles. The Morgan fingerprint density at radius 1 is 1.25 bits per heavy atom. The zero-order chi connectivity index (χ0) is 14.5. The van der Waals surface area contributed by atoms with E-state index in [4.69, 9.17) is 10.8 Å². The van der Waals surface area contributed by atoms with Gasteiger partial charge in [0.1, 0.15) is 0 Å². The highest BCUT2D eigenvalue weighted by atomic mass is 16.4. The van der Waals surface area contributed by atoms with Gasteiger partial charge in [-0.25, -0.2) is 4.79 Å². The molecular formula is C14H19N3O3. The number of piperidine rings is 1. The average Bonchev–Trinajstić information content (AvgIpc) is 2.46. The summed E-state index contributed by atoms with van der Waals surface area (Å²) in [4.78, 5) is 24.8. The van der Waals surface area contributed by atoms with E-state index < -0.39 is 5.97 Å². The number of aromatic carboxylic acids is 1. The van der Waals surface area contributed by atoms with Gasteiger partial charge in [0.05, 0.1) is 12.1 Å². The molecule has 0 saturated carbocycles. The molecule has 1 fully saturated rings. The van der Waals surface area contributed by atoms with Crippen LogP contribution < -0.4 is 11.1 Å². The summed E-state index contributed by atoms with van der Waals surface area (Å²) in [7, 11) is 0. The van der Waals surface area contributed by atoms with Crippen LogP contribution in [0, 0.1) is 0 Å². The fourth-order valence-electron chi connectivity index (χ4n) is 2.28. The molecule has 0 spiro atoms. The van der Waals surface area contributed by atoms with Crippen molar-refractivity contribution in [2.24, 2.45) is 0 Å².